The van der Waals surface area contributed by atoms with Crippen molar-refractivity contribution in [1.29, 1.82) is 0 Å². The van der Waals surface area contributed by atoms with E-state index in [0.717, 1.165) is 32.3 Å². The number of halogens is 2. The third kappa shape index (κ3) is 6.56. The summed E-state index contributed by atoms with van der Waals surface area (Å²) in [6.07, 6.45) is 3.87. The van der Waals surface area contributed by atoms with E-state index in [1.165, 1.54) is 0 Å². The minimum absolute atomic E-state index is 0.217. The van der Waals surface area contributed by atoms with Gasteiger partial charge in [0.2, 0.25) is 0 Å². The molecule has 0 saturated carbocycles. The maximum atomic E-state index is 13.0. The summed E-state index contributed by atoms with van der Waals surface area (Å²) < 4.78 is 12.7. The fraction of sp³-hybridized carbons (Fsp3) is 0.138. The van der Waals surface area contributed by atoms with Crippen molar-refractivity contribution in [2.75, 3.05) is 13.7 Å². The first-order valence-corrected chi connectivity index (χ1v) is 13.5. The molecular weight excluding hydrogens is 590 g/mol. The summed E-state index contributed by atoms with van der Waals surface area (Å²) in [5, 5.41) is -0.0112. The summed E-state index contributed by atoms with van der Waals surface area (Å²) in [6.45, 7) is 3.83. The van der Waals surface area contributed by atoms with E-state index in [1.807, 2.05) is 30.3 Å². The second-order valence-corrected chi connectivity index (χ2v) is 10.7. The molecular formula is C29H23BrClNO5S. The minimum Gasteiger partial charge on any atom is -0.493 e. The average molecular weight is 613 g/mol. The van der Waals surface area contributed by atoms with Crippen LogP contribution in [0, 0.1) is 0 Å². The van der Waals surface area contributed by atoms with Crippen molar-refractivity contribution in [1.82, 2.24) is 4.90 Å². The number of methoxy groups -OCH3 is 1. The Bertz CT molecular complexity index is 1420. The third-order valence-electron chi connectivity index (χ3n) is 5.67. The summed E-state index contributed by atoms with van der Waals surface area (Å²) in [6, 6.07) is 17.7. The van der Waals surface area contributed by atoms with Crippen LogP contribution in [0.15, 0.2) is 82.7 Å². The SMILES string of the molecule is C=CCc1cc(/C=C2\SC(=O)N(CC(=O)c3ccc(Cl)cc3)C2=O)cc(OC)c1OCc1ccc(Br)cc1. The van der Waals surface area contributed by atoms with Gasteiger partial charge in [0.05, 0.1) is 18.6 Å². The molecule has 3 aromatic carbocycles. The molecule has 0 atom stereocenters. The lowest BCUT2D eigenvalue weighted by Gasteiger charge is -2.16. The van der Waals surface area contributed by atoms with E-state index in [9.17, 15) is 14.4 Å². The Labute approximate surface area is 238 Å². The standard InChI is InChI=1S/C29H23BrClNO5S/c1-3-4-21-13-19(14-25(36-2)27(21)37-17-18-5-9-22(30)10-6-18)15-26-28(34)32(29(35)38-26)16-24(33)20-7-11-23(31)12-8-20/h3,5-15H,1,4,16-17H2,2H3/b26-15-. The van der Waals surface area contributed by atoms with Crippen LogP contribution < -0.4 is 9.47 Å². The van der Waals surface area contributed by atoms with E-state index in [-0.39, 0.29) is 17.2 Å². The fourth-order valence-electron chi connectivity index (χ4n) is 3.78. The van der Waals surface area contributed by atoms with Crippen molar-refractivity contribution in [2.24, 2.45) is 0 Å². The molecule has 0 radical (unpaired) electrons. The molecule has 194 valence electrons. The monoisotopic (exact) mass is 611 g/mol. The Morgan fingerprint density at radius 2 is 1.82 bits per heavy atom. The van der Waals surface area contributed by atoms with Crippen LogP contribution in [0.1, 0.15) is 27.0 Å². The van der Waals surface area contributed by atoms with Crippen LogP contribution in [0.25, 0.3) is 6.08 Å². The van der Waals surface area contributed by atoms with Gasteiger partial charge in [-0.15, -0.1) is 6.58 Å². The van der Waals surface area contributed by atoms with Crippen LogP contribution in [0.5, 0.6) is 11.5 Å². The quantitative estimate of drug-likeness (QED) is 0.136. The molecule has 1 heterocycles. The van der Waals surface area contributed by atoms with Gasteiger partial charge in [-0.1, -0.05) is 45.7 Å². The maximum absolute atomic E-state index is 13.0. The molecule has 3 aromatic rings. The van der Waals surface area contributed by atoms with Gasteiger partial charge in [0.25, 0.3) is 11.1 Å². The lowest BCUT2D eigenvalue weighted by molar-refractivity contribution is -0.122. The van der Waals surface area contributed by atoms with Gasteiger partial charge in [-0.3, -0.25) is 19.3 Å². The molecule has 0 bridgehead atoms. The second kappa shape index (κ2) is 12.5. The third-order valence-corrected chi connectivity index (χ3v) is 7.36. The van der Waals surface area contributed by atoms with Crippen LogP contribution in [0.2, 0.25) is 5.02 Å². The zero-order chi connectivity index (χ0) is 27.2. The number of carbonyl (C=O) groups is 3. The van der Waals surface area contributed by atoms with Crippen LogP contribution in [0.4, 0.5) is 4.79 Å². The molecule has 0 aliphatic carbocycles. The molecule has 2 amide bonds. The molecule has 1 aliphatic heterocycles. The topological polar surface area (TPSA) is 72.9 Å². The van der Waals surface area contributed by atoms with Gasteiger partial charge in [-0.05, 0) is 83.9 Å². The largest absolute Gasteiger partial charge is 0.493 e. The number of hydrogen-bond acceptors (Lipinski definition) is 6. The summed E-state index contributed by atoms with van der Waals surface area (Å²) >= 11 is 10.1. The molecule has 1 aliphatic rings. The number of ether oxygens (including phenoxy) is 2. The summed E-state index contributed by atoms with van der Waals surface area (Å²) in [4.78, 5) is 39.4. The Morgan fingerprint density at radius 1 is 1.11 bits per heavy atom. The molecule has 9 heteroatoms. The number of amides is 2. The van der Waals surface area contributed by atoms with Gasteiger partial charge in [-0.25, -0.2) is 0 Å². The first kappa shape index (κ1) is 27.7. The van der Waals surface area contributed by atoms with E-state index in [4.69, 9.17) is 21.1 Å². The number of benzene rings is 3. The van der Waals surface area contributed by atoms with Crippen LogP contribution in [-0.4, -0.2) is 35.5 Å². The van der Waals surface area contributed by atoms with E-state index in [1.54, 1.807) is 49.6 Å². The molecule has 0 N–H and O–H groups in total. The van der Waals surface area contributed by atoms with Crippen molar-refractivity contribution in [3.63, 3.8) is 0 Å². The Hall–Kier alpha value is -3.33. The van der Waals surface area contributed by atoms with Gasteiger partial charge < -0.3 is 9.47 Å². The number of imide groups is 1. The van der Waals surface area contributed by atoms with Gasteiger partial charge in [0.1, 0.15) is 6.61 Å². The highest BCUT2D eigenvalue weighted by molar-refractivity contribution is 9.10. The normalized spacial score (nSPS) is 14.2. The summed E-state index contributed by atoms with van der Waals surface area (Å²) in [5.74, 6) is 0.188. The zero-order valence-electron chi connectivity index (χ0n) is 20.4. The van der Waals surface area contributed by atoms with E-state index < -0.39 is 11.1 Å². The predicted octanol–water partition coefficient (Wildman–Crippen LogP) is 7.34. The van der Waals surface area contributed by atoms with Gasteiger partial charge >= 0.3 is 0 Å². The number of rotatable bonds is 10. The van der Waals surface area contributed by atoms with Gasteiger partial charge in [0.15, 0.2) is 17.3 Å². The highest BCUT2D eigenvalue weighted by Gasteiger charge is 2.36. The highest BCUT2D eigenvalue weighted by atomic mass is 79.9. The Kier molecular flexibility index (Phi) is 9.09. The van der Waals surface area contributed by atoms with Crippen molar-refractivity contribution >= 4 is 62.3 Å². The molecule has 4 rings (SSSR count). The van der Waals surface area contributed by atoms with Crippen molar-refractivity contribution in [2.45, 2.75) is 13.0 Å². The fourth-order valence-corrected chi connectivity index (χ4v) is 5.01. The molecule has 6 nitrogen and oxygen atoms in total. The van der Waals surface area contributed by atoms with Gasteiger partial charge in [0, 0.05) is 20.6 Å². The number of nitrogens with zero attached hydrogens (tertiary/aromatic N) is 1. The van der Waals surface area contributed by atoms with E-state index >= 15 is 0 Å². The smallest absolute Gasteiger partial charge is 0.293 e. The zero-order valence-corrected chi connectivity index (χ0v) is 23.6. The first-order chi connectivity index (χ1) is 18.3. The van der Waals surface area contributed by atoms with E-state index in [0.29, 0.717) is 40.7 Å². The van der Waals surface area contributed by atoms with Crippen LogP contribution in [0.3, 0.4) is 0 Å². The molecule has 0 aromatic heterocycles. The number of carbonyl (C=O) groups excluding carboxylic acids is 3. The first-order valence-electron chi connectivity index (χ1n) is 11.5. The van der Waals surface area contributed by atoms with Crippen molar-refractivity contribution < 1.29 is 23.9 Å². The van der Waals surface area contributed by atoms with Crippen LogP contribution >= 0.6 is 39.3 Å². The second-order valence-electron chi connectivity index (χ2n) is 8.32. The molecule has 0 spiro atoms. The number of thioether (sulfide) groups is 1. The van der Waals surface area contributed by atoms with Crippen LogP contribution in [-0.2, 0) is 17.8 Å². The highest BCUT2D eigenvalue weighted by Crippen LogP contribution is 2.37. The molecule has 0 unspecified atom stereocenters. The van der Waals surface area contributed by atoms with E-state index in [2.05, 4.69) is 22.5 Å². The van der Waals surface area contributed by atoms with Crippen molar-refractivity contribution in [3.05, 3.63) is 110 Å². The Morgan fingerprint density at radius 3 is 2.47 bits per heavy atom. The average Bonchev–Trinajstić information content (AvgIpc) is 3.16. The number of allylic oxidation sites excluding steroid dienone is 1. The maximum Gasteiger partial charge on any atom is 0.293 e. The lowest BCUT2D eigenvalue weighted by atomic mass is 10.0. The predicted molar refractivity (Wildman–Crippen MR) is 154 cm³/mol. The summed E-state index contributed by atoms with van der Waals surface area (Å²) in [7, 11) is 1.54. The minimum atomic E-state index is -0.526. The summed E-state index contributed by atoms with van der Waals surface area (Å²) in [5.41, 5.74) is 2.84. The molecule has 1 saturated heterocycles. The molecule has 38 heavy (non-hydrogen) atoms. The van der Waals surface area contributed by atoms with Crippen molar-refractivity contribution in [3.8, 4) is 11.5 Å². The number of hydrogen-bond donors (Lipinski definition) is 0. The molecule has 1 fully saturated rings. The number of ketones is 1. The van der Waals surface area contributed by atoms with Gasteiger partial charge in [-0.2, -0.15) is 0 Å². The lowest BCUT2D eigenvalue weighted by Crippen LogP contribution is -2.33. The Balaban J connectivity index is 1.56. The number of Topliss-reactive ketones (excluding diaryl/α,β-unsaturated/α-hetero) is 1.